The molecule has 1 saturated heterocycles. The lowest BCUT2D eigenvalue weighted by Gasteiger charge is -2.32. The maximum absolute atomic E-state index is 12.5. The average molecular weight is 434 g/mol. The summed E-state index contributed by atoms with van der Waals surface area (Å²) in [5.41, 5.74) is 13.3. The van der Waals surface area contributed by atoms with E-state index in [1.54, 1.807) is 24.3 Å². The van der Waals surface area contributed by atoms with Crippen molar-refractivity contribution in [3.63, 3.8) is 0 Å². The number of hydrogen-bond donors (Lipinski definition) is 3. The molecule has 0 aliphatic carbocycles. The van der Waals surface area contributed by atoms with E-state index in [0.717, 1.165) is 0 Å². The van der Waals surface area contributed by atoms with Crippen LogP contribution in [-0.2, 0) is 4.74 Å². The number of piperidine rings is 1. The quantitative estimate of drug-likeness (QED) is 0.327. The van der Waals surface area contributed by atoms with Gasteiger partial charge in [0.2, 0.25) is 11.8 Å². The van der Waals surface area contributed by atoms with E-state index in [9.17, 15) is 13.2 Å². The topological polar surface area (TPSA) is 98.7 Å². The van der Waals surface area contributed by atoms with Crippen LogP contribution in [0.3, 0.4) is 0 Å². The Balaban J connectivity index is 2.02. The molecule has 5 N–H and O–H groups in total. The smallest absolute Gasteiger partial charge is 0.401 e. The van der Waals surface area contributed by atoms with Crippen molar-refractivity contribution in [2.24, 2.45) is 11.5 Å². The van der Waals surface area contributed by atoms with Crippen molar-refractivity contribution in [3.05, 3.63) is 41.5 Å². The van der Waals surface area contributed by atoms with Crippen LogP contribution in [0.25, 0.3) is 5.70 Å². The fourth-order valence-corrected chi connectivity index (χ4v) is 3.23. The number of hydrogen-bond acceptors (Lipinski definition) is 8. The van der Waals surface area contributed by atoms with Crippen molar-refractivity contribution in [1.29, 1.82) is 0 Å². The second-order valence-corrected chi connectivity index (χ2v) is 7.07. The number of nitrogens with one attached hydrogen (secondary N) is 1. The highest BCUT2D eigenvalue weighted by atomic mass is 32.2. The molecule has 0 spiro atoms. The van der Waals surface area contributed by atoms with E-state index < -0.39 is 12.7 Å². The van der Waals surface area contributed by atoms with E-state index in [1.807, 2.05) is 6.26 Å². The Morgan fingerprint density at radius 1 is 1.34 bits per heavy atom. The van der Waals surface area contributed by atoms with Crippen LogP contribution in [0.2, 0.25) is 0 Å². The van der Waals surface area contributed by atoms with Gasteiger partial charge in [0.25, 0.3) is 0 Å². The van der Waals surface area contributed by atoms with Gasteiger partial charge in [-0.25, -0.2) is 4.98 Å². The minimum absolute atomic E-state index is 0.181. The number of pyridine rings is 1. The van der Waals surface area contributed by atoms with Gasteiger partial charge in [0, 0.05) is 25.4 Å². The fourth-order valence-electron chi connectivity index (χ4n) is 2.85. The second-order valence-electron chi connectivity index (χ2n) is 6.46. The van der Waals surface area contributed by atoms with Gasteiger partial charge in [-0.05, 0) is 25.0 Å². The van der Waals surface area contributed by atoms with Gasteiger partial charge in [-0.1, -0.05) is 18.0 Å². The number of halogens is 3. The minimum Gasteiger partial charge on any atom is -0.481 e. The van der Waals surface area contributed by atoms with Crippen LogP contribution in [0.15, 0.2) is 35.9 Å². The van der Waals surface area contributed by atoms with E-state index in [-0.39, 0.29) is 12.0 Å². The molecule has 29 heavy (non-hydrogen) atoms. The maximum atomic E-state index is 12.5. The first-order valence-corrected chi connectivity index (χ1v) is 10.2. The highest BCUT2D eigenvalue weighted by molar-refractivity contribution is 7.96. The number of nitrogens with two attached hydrogens (primary N) is 2. The summed E-state index contributed by atoms with van der Waals surface area (Å²) in [5, 5.41) is 0. The summed E-state index contributed by atoms with van der Waals surface area (Å²) in [5.74, 6) is 0.552. The molecule has 0 unspecified atom stereocenters. The van der Waals surface area contributed by atoms with Crippen LogP contribution >= 0.6 is 11.9 Å². The van der Waals surface area contributed by atoms with Crippen molar-refractivity contribution >= 4 is 17.6 Å². The number of allylic oxidation sites excluding steroid dienone is 1. The number of rotatable bonds is 8. The monoisotopic (exact) mass is 433 g/mol. The van der Waals surface area contributed by atoms with Crippen LogP contribution in [-0.4, -0.2) is 55.2 Å². The van der Waals surface area contributed by atoms with Crippen LogP contribution in [0.5, 0.6) is 5.88 Å². The largest absolute Gasteiger partial charge is 0.481 e. The molecular formula is C18H26F3N5O2S. The summed E-state index contributed by atoms with van der Waals surface area (Å²) in [4.78, 5) is 5.78. The highest BCUT2D eigenvalue weighted by Crippen LogP contribution is 2.22. The number of nitrogens with zero attached hydrogens (tertiary/aromatic N) is 2. The Morgan fingerprint density at radius 3 is 2.62 bits per heavy atom. The molecule has 0 atom stereocenters. The average Bonchev–Trinajstić information content (AvgIpc) is 2.67. The first kappa shape index (κ1) is 23.0. The Hall–Kier alpha value is -2.27. The molecule has 1 aliphatic heterocycles. The third kappa shape index (κ3) is 7.58. The Bertz CT molecular complexity index is 734. The predicted molar refractivity (Wildman–Crippen MR) is 107 cm³/mol. The molecule has 0 amide bonds. The number of likely N-dealkylation sites (tertiary alicyclic amines) is 1. The van der Waals surface area contributed by atoms with E-state index in [0.29, 0.717) is 48.9 Å². The number of aromatic nitrogens is 1. The zero-order valence-corrected chi connectivity index (χ0v) is 17.1. The first-order valence-electron chi connectivity index (χ1n) is 8.95. The third-order valence-corrected chi connectivity index (χ3v) is 4.67. The van der Waals surface area contributed by atoms with Crippen LogP contribution < -0.4 is 20.9 Å². The van der Waals surface area contributed by atoms with Gasteiger partial charge < -0.3 is 25.7 Å². The zero-order chi connectivity index (χ0) is 21.4. The highest BCUT2D eigenvalue weighted by Gasteiger charge is 2.32. The van der Waals surface area contributed by atoms with E-state index in [2.05, 4.69) is 9.71 Å². The van der Waals surface area contributed by atoms with Crippen molar-refractivity contribution in [1.82, 2.24) is 14.6 Å². The lowest BCUT2D eigenvalue weighted by atomic mass is 10.1. The summed E-state index contributed by atoms with van der Waals surface area (Å²) in [6.07, 6.45) is 0.0735. The lowest BCUT2D eigenvalue weighted by molar-refractivity contribution is -0.149. The standard InChI is InChI=1S/C18H26F3N5O2S/c1-27-17(23)15(25-29-2)10-13(22)14-4-3-5-16(24-14)28-12-6-8-26(9-7-12)11-18(19,20)21/h3-5,10,12,25H,6-9,11,22-23H2,1-2H3/b13-10-,17-15-. The molecule has 1 aromatic rings. The van der Waals surface area contributed by atoms with Gasteiger partial charge in [0.05, 0.1) is 25.0 Å². The Labute approximate surface area is 172 Å². The summed E-state index contributed by atoms with van der Waals surface area (Å²) in [6, 6.07) is 5.17. The molecule has 2 heterocycles. The Kier molecular flexibility index (Phi) is 8.32. The molecule has 1 aromatic heterocycles. The molecule has 0 bridgehead atoms. The maximum Gasteiger partial charge on any atom is 0.401 e. The normalized spacial score (nSPS) is 17.6. The number of methoxy groups -OCH3 is 1. The predicted octanol–water partition coefficient (Wildman–Crippen LogP) is 2.43. The summed E-state index contributed by atoms with van der Waals surface area (Å²) >= 11 is 1.33. The lowest BCUT2D eigenvalue weighted by Crippen LogP contribution is -2.42. The number of alkyl halides is 3. The molecule has 2 rings (SSSR count). The molecule has 162 valence electrons. The molecule has 0 saturated carbocycles. The van der Waals surface area contributed by atoms with Crippen molar-refractivity contribution in [2.75, 3.05) is 33.0 Å². The molecule has 7 nitrogen and oxygen atoms in total. The first-order chi connectivity index (χ1) is 13.7. The van der Waals surface area contributed by atoms with Crippen molar-refractivity contribution in [2.45, 2.75) is 25.1 Å². The van der Waals surface area contributed by atoms with Gasteiger partial charge in [0.1, 0.15) is 11.8 Å². The summed E-state index contributed by atoms with van der Waals surface area (Å²) in [6.45, 7) is -0.229. The molecular weight excluding hydrogens is 407 g/mol. The van der Waals surface area contributed by atoms with Gasteiger partial charge in [-0.3, -0.25) is 4.90 Å². The molecule has 1 fully saturated rings. The summed E-state index contributed by atoms with van der Waals surface area (Å²) < 4.78 is 51.3. The van der Waals surface area contributed by atoms with Gasteiger partial charge in [0.15, 0.2) is 0 Å². The van der Waals surface area contributed by atoms with Gasteiger partial charge in [-0.2, -0.15) is 13.2 Å². The Morgan fingerprint density at radius 2 is 2.03 bits per heavy atom. The second kappa shape index (κ2) is 10.5. The molecule has 0 radical (unpaired) electrons. The minimum atomic E-state index is -4.18. The van der Waals surface area contributed by atoms with E-state index in [4.69, 9.17) is 20.9 Å². The van der Waals surface area contributed by atoms with E-state index >= 15 is 0 Å². The van der Waals surface area contributed by atoms with Crippen LogP contribution in [0.4, 0.5) is 13.2 Å². The zero-order valence-electron chi connectivity index (χ0n) is 16.3. The van der Waals surface area contributed by atoms with Crippen molar-refractivity contribution in [3.8, 4) is 5.88 Å². The molecule has 0 aromatic carbocycles. The van der Waals surface area contributed by atoms with Crippen LogP contribution in [0.1, 0.15) is 18.5 Å². The SMILES string of the molecule is CO/C(N)=C(/C=C(\N)c1cccc(OC2CCN(CC(F)(F)F)CC2)n1)NSC. The van der Waals surface area contributed by atoms with Crippen molar-refractivity contribution < 1.29 is 22.6 Å². The van der Waals surface area contributed by atoms with Gasteiger partial charge in [-0.15, -0.1) is 0 Å². The van der Waals surface area contributed by atoms with Gasteiger partial charge >= 0.3 is 6.18 Å². The van der Waals surface area contributed by atoms with Crippen LogP contribution in [0, 0.1) is 0 Å². The molecule has 11 heteroatoms. The van der Waals surface area contributed by atoms with E-state index in [1.165, 1.54) is 24.0 Å². The molecule has 1 aliphatic rings. The summed E-state index contributed by atoms with van der Waals surface area (Å²) in [7, 11) is 1.45. The number of ether oxygens (including phenoxy) is 2. The third-order valence-electron chi connectivity index (χ3n) is 4.24. The fraction of sp³-hybridized carbons (Fsp3) is 0.500.